The average molecular weight is 236 g/mol. The van der Waals surface area contributed by atoms with Crippen molar-refractivity contribution in [2.45, 2.75) is 33.2 Å². The van der Waals surface area contributed by atoms with Crippen LogP contribution in [0.1, 0.15) is 31.4 Å². The number of thiocarbonyl (C=S) groups is 1. The highest BCUT2D eigenvalue weighted by Crippen LogP contribution is 2.23. The maximum absolute atomic E-state index is 5.75. The molecule has 0 aliphatic heterocycles. The van der Waals surface area contributed by atoms with Gasteiger partial charge in [0.1, 0.15) is 4.99 Å². The number of hydrogen-bond acceptors (Lipinski definition) is 2. The number of anilines is 1. The predicted octanol–water partition coefficient (Wildman–Crippen LogP) is 2.86. The fourth-order valence-corrected chi connectivity index (χ4v) is 1.83. The molecule has 16 heavy (non-hydrogen) atoms. The van der Waals surface area contributed by atoms with Gasteiger partial charge in [-0.1, -0.05) is 25.2 Å². The molecule has 88 valence electrons. The van der Waals surface area contributed by atoms with Gasteiger partial charge in [-0.05, 0) is 38.0 Å². The van der Waals surface area contributed by atoms with Gasteiger partial charge in [0.2, 0.25) is 0 Å². The van der Waals surface area contributed by atoms with Gasteiger partial charge in [0.25, 0.3) is 0 Å². The zero-order chi connectivity index (χ0) is 12.3. The molecule has 2 N–H and O–H groups in total. The van der Waals surface area contributed by atoms with Crippen LogP contribution < -0.4 is 10.6 Å². The van der Waals surface area contributed by atoms with E-state index in [0.29, 0.717) is 11.0 Å². The summed E-state index contributed by atoms with van der Waals surface area (Å²) in [5.74, 6) is 0. The zero-order valence-corrected chi connectivity index (χ0v) is 11.3. The van der Waals surface area contributed by atoms with Crippen LogP contribution in [-0.2, 0) is 0 Å². The Morgan fingerprint density at radius 1 is 1.50 bits per heavy atom. The maximum Gasteiger partial charge on any atom is 0.106 e. The van der Waals surface area contributed by atoms with Crippen molar-refractivity contribution < 1.29 is 0 Å². The highest BCUT2D eigenvalue weighted by Gasteiger charge is 2.13. The van der Waals surface area contributed by atoms with Crippen molar-refractivity contribution >= 4 is 22.9 Å². The third kappa shape index (κ3) is 2.73. The van der Waals surface area contributed by atoms with Gasteiger partial charge in [-0.15, -0.1) is 0 Å². The molecule has 0 amide bonds. The van der Waals surface area contributed by atoms with E-state index >= 15 is 0 Å². The van der Waals surface area contributed by atoms with Crippen LogP contribution in [0.15, 0.2) is 18.2 Å². The summed E-state index contributed by atoms with van der Waals surface area (Å²) in [5.41, 5.74) is 9.06. The molecule has 1 rings (SSSR count). The van der Waals surface area contributed by atoms with Crippen molar-refractivity contribution in [2.75, 3.05) is 11.9 Å². The number of aryl methyl sites for hydroxylation is 1. The first-order valence-electron chi connectivity index (χ1n) is 5.60. The Balaban J connectivity index is 3.19. The summed E-state index contributed by atoms with van der Waals surface area (Å²) in [5, 5.41) is 0. The van der Waals surface area contributed by atoms with Gasteiger partial charge in [0, 0.05) is 24.3 Å². The monoisotopic (exact) mass is 236 g/mol. The molecule has 2 nitrogen and oxygen atoms in total. The Labute approximate surface area is 103 Å². The largest absolute Gasteiger partial charge is 0.389 e. The number of rotatable bonds is 4. The van der Waals surface area contributed by atoms with Crippen molar-refractivity contribution in [3.05, 3.63) is 29.3 Å². The molecule has 0 bridgehead atoms. The fraction of sp³-hybridized carbons (Fsp3) is 0.462. The Morgan fingerprint density at radius 3 is 2.62 bits per heavy atom. The molecule has 1 aromatic carbocycles. The van der Waals surface area contributed by atoms with Crippen LogP contribution in [0.4, 0.5) is 5.69 Å². The van der Waals surface area contributed by atoms with Crippen molar-refractivity contribution in [1.82, 2.24) is 0 Å². The van der Waals surface area contributed by atoms with Crippen LogP contribution in [-0.4, -0.2) is 18.1 Å². The molecule has 0 heterocycles. The zero-order valence-electron chi connectivity index (χ0n) is 10.4. The highest BCUT2D eigenvalue weighted by molar-refractivity contribution is 7.80. The van der Waals surface area contributed by atoms with Gasteiger partial charge in [0.15, 0.2) is 0 Å². The molecule has 0 aromatic heterocycles. The second-order valence-corrected chi connectivity index (χ2v) is 4.69. The van der Waals surface area contributed by atoms with E-state index in [9.17, 15) is 0 Å². The van der Waals surface area contributed by atoms with Gasteiger partial charge < -0.3 is 10.6 Å². The Morgan fingerprint density at radius 2 is 2.12 bits per heavy atom. The van der Waals surface area contributed by atoms with E-state index in [2.05, 4.69) is 38.8 Å². The maximum atomic E-state index is 5.75. The summed E-state index contributed by atoms with van der Waals surface area (Å²) in [6.45, 7) is 6.46. The van der Waals surface area contributed by atoms with E-state index in [0.717, 1.165) is 17.7 Å². The topological polar surface area (TPSA) is 29.3 Å². The Kier molecular flexibility index (Phi) is 4.30. The SMILES string of the molecule is CCC(C)N(C)c1cc(C)ccc1C(N)=S. The molecule has 3 heteroatoms. The van der Waals surface area contributed by atoms with Crippen molar-refractivity contribution in [1.29, 1.82) is 0 Å². The molecule has 0 aliphatic carbocycles. The number of hydrogen-bond donors (Lipinski definition) is 1. The lowest BCUT2D eigenvalue weighted by Gasteiger charge is -2.28. The molecule has 1 aromatic rings. The first-order valence-corrected chi connectivity index (χ1v) is 6.01. The quantitative estimate of drug-likeness (QED) is 0.815. The van der Waals surface area contributed by atoms with E-state index in [4.69, 9.17) is 18.0 Å². The standard InChI is InChI=1S/C13H20N2S/c1-5-10(3)15(4)12-8-9(2)6-7-11(12)13(14)16/h6-8,10H,5H2,1-4H3,(H2,14,16). The van der Waals surface area contributed by atoms with Crippen LogP contribution in [0.3, 0.4) is 0 Å². The molecule has 0 radical (unpaired) electrons. The minimum absolute atomic E-state index is 0.463. The Bertz CT molecular complexity index is 388. The summed E-state index contributed by atoms with van der Waals surface area (Å²) < 4.78 is 0. The van der Waals surface area contributed by atoms with Gasteiger partial charge in [-0.3, -0.25) is 0 Å². The summed E-state index contributed by atoms with van der Waals surface area (Å²) in [7, 11) is 2.09. The lowest BCUT2D eigenvalue weighted by Crippen LogP contribution is -2.30. The lowest BCUT2D eigenvalue weighted by molar-refractivity contribution is 0.663. The first kappa shape index (κ1) is 13.0. The molecular weight excluding hydrogens is 216 g/mol. The van der Waals surface area contributed by atoms with Crippen molar-refractivity contribution in [3.8, 4) is 0 Å². The van der Waals surface area contributed by atoms with Crippen LogP contribution >= 0.6 is 12.2 Å². The van der Waals surface area contributed by atoms with Crippen LogP contribution in [0, 0.1) is 6.92 Å². The first-order chi connectivity index (χ1) is 7.47. The van der Waals surface area contributed by atoms with Gasteiger partial charge in [-0.25, -0.2) is 0 Å². The molecule has 1 unspecified atom stereocenters. The van der Waals surface area contributed by atoms with E-state index in [1.54, 1.807) is 0 Å². The summed E-state index contributed by atoms with van der Waals surface area (Å²) in [6.07, 6.45) is 1.10. The van der Waals surface area contributed by atoms with Crippen LogP contribution in [0.2, 0.25) is 0 Å². The number of nitrogens with two attached hydrogens (primary N) is 1. The molecule has 0 saturated carbocycles. The van der Waals surface area contributed by atoms with Crippen LogP contribution in [0.5, 0.6) is 0 Å². The molecule has 0 spiro atoms. The molecule has 0 aliphatic rings. The minimum atomic E-state index is 0.463. The third-order valence-electron chi connectivity index (χ3n) is 3.05. The number of benzene rings is 1. The van der Waals surface area contributed by atoms with E-state index in [-0.39, 0.29) is 0 Å². The van der Waals surface area contributed by atoms with E-state index in [1.165, 1.54) is 5.56 Å². The third-order valence-corrected chi connectivity index (χ3v) is 3.27. The smallest absolute Gasteiger partial charge is 0.106 e. The average Bonchev–Trinajstić information content (AvgIpc) is 2.26. The molecule has 1 atom stereocenters. The highest BCUT2D eigenvalue weighted by atomic mass is 32.1. The molecule has 0 fully saturated rings. The fourth-order valence-electron chi connectivity index (χ4n) is 1.65. The second-order valence-electron chi connectivity index (χ2n) is 4.25. The molecule has 0 saturated heterocycles. The van der Waals surface area contributed by atoms with Crippen LogP contribution in [0.25, 0.3) is 0 Å². The Hall–Kier alpha value is -1.09. The van der Waals surface area contributed by atoms with Gasteiger partial charge >= 0.3 is 0 Å². The minimum Gasteiger partial charge on any atom is -0.389 e. The second kappa shape index (κ2) is 5.30. The van der Waals surface area contributed by atoms with E-state index < -0.39 is 0 Å². The van der Waals surface area contributed by atoms with Gasteiger partial charge in [0.05, 0.1) is 0 Å². The van der Waals surface area contributed by atoms with E-state index in [1.807, 2.05) is 12.1 Å². The number of nitrogens with zero attached hydrogens (tertiary/aromatic N) is 1. The molecular formula is C13H20N2S. The van der Waals surface area contributed by atoms with Gasteiger partial charge in [-0.2, -0.15) is 0 Å². The van der Waals surface area contributed by atoms with Crippen molar-refractivity contribution in [3.63, 3.8) is 0 Å². The normalized spacial score (nSPS) is 12.2. The summed E-state index contributed by atoms with van der Waals surface area (Å²) in [6, 6.07) is 6.67. The lowest BCUT2D eigenvalue weighted by atomic mass is 10.1. The summed E-state index contributed by atoms with van der Waals surface area (Å²) >= 11 is 5.09. The predicted molar refractivity (Wildman–Crippen MR) is 75.2 cm³/mol. The summed E-state index contributed by atoms with van der Waals surface area (Å²) in [4.78, 5) is 2.70. The van der Waals surface area contributed by atoms with Crippen molar-refractivity contribution in [2.24, 2.45) is 5.73 Å².